The van der Waals surface area contributed by atoms with E-state index in [1.165, 1.54) is 25.7 Å². The van der Waals surface area contributed by atoms with Gasteiger partial charge in [0.15, 0.2) is 0 Å². The van der Waals surface area contributed by atoms with Crippen molar-refractivity contribution in [2.75, 3.05) is 20.6 Å². The van der Waals surface area contributed by atoms with Gasteiger partial charge < -0.3 is 9.73 Å². The maximum atomic E-state index is 5.61. The highest BCUT2D eigenvalue weighted by Gasteiger charge is 2.34. The summed E-state index contributed by atoms with van der Waals surface area (Å²) in [5.74, 6) is 1.82. The molecule has 0 spiro atoms. The molecule has 3 heteroatoms. The molecular formula is C18H32N2O. The number of nitrogens with one attached hydrogen (secondary N) is 1. The number of hydrogen-bond acceptors (Lipinski definition) is 3. The molecule has 3 atom stereocenters. The van der Waals surface area contributed by atoms with Crippen molar-refractivity contribution in [3.05, 3.63) is 24.2 Å². The molecule has 120 valence electrons. The fourth-order valence-corrected chi connectivity index (χ4v) is 3.69. The van der Waals surface area contributed by atoms with Crippen molar-refractivity contribution < 1.29 is 4.42 Å². The van der Waals surface area contributed by atoms with E-state index >= 15 is 0 Å². The topological polar surface area (TPSA) is 28.4 Å². The van der Waals surface area contributed by atoms with Gasteiger partial charge in [-0.2, -0.15) is 0 Å². The van der Waals surface area contributed by atoms with Crippen molar-refractivity contribution in [3.63, 3.8) is 0 Å². The molecule has 1 N–H and O–H groups in total. The molecule has 1 aromatic rings. The van der Waals surface area contributed by atoms with Gasteiger partial charge in [0.05, 0.1) is 12.3 Å². The van der Waals surface area contributed by atoms with E-state index in [2.05, 4.69) is 51.1 Å². The Bertz CT molecular complexity index is 405. The van der Waals surface area contributed by atoms with Gasteiger partial charge in [-0.3, -0.25) is 4.90 Å². The Labute approximate surface area is 130 Å². The highest BCUT2D eigenvalue weighted by atomic mass is 16.3. The summed E-state index contributed by atoms with van der Waals surface area (Å²) in [7, 11) is 4.24. The van der Waals surface area contributed by atoms with Crippen LogP contribution >= 0.6 is 0 Å². The quantitative estimate of drug-likeness (QED) is 0.886. The molecule has 1 aliphatic carbocycles. The first kappa shape index (κ1) is 16.6. The molecule has 1 heterocycles. The number of likely N-dealkylation sites (N-methyl/N-ethyl adjacent to an activating group) is 1. The second-order valence-corrected chi connectivity index (χ2v) is 7.77. The lowest BCUT2D eigenvalue weighted by Crippen LogP contribution is -2.46. The van der Waals surface area contributed by atoms with Gasteiger partial charge in [0, 0.05) is 12.6 Å². The Morgan fingerprint density at radius 1 is 1.29 bits per heavy atom. The predicted molar refractivity (Wildman–Crippen MR) is 88.3 cm³/mol. The van der Waals surface area contributed by atoms with E-state index in [9.17, 15) is 0 Å². The van der Waals surface area contributed by atoms with Gasteiger partial charge >= 0.3 is 0 Å². The van der Waals surface area contributed by atoms with Crippen LogP contribution < -0.4 is 5.32 Å². The van der Waals surface area contributed by atoms with Crippen LogP contribution in [0.25, 0.3) is 0 Å². The molecule has 0 radical (unpaired) electrons. The summed E-state index contributed by atoms with van der Waals surface area (Å²) in [5.41, 5.74) is 0.385. The summed E-state index contributed by atoms with van der Waals surface area (Å²) in [4.78, 5) is 2.24. The van der Waals surface area contributed by atoms with Gasteiger partial charge in [-0.25, -0.2) is 0 Å². The smallest absolute Gasteiger partial charge is 0.122 e. The Balaban J connectivity index is 1.99. The largest absolute Gasteiger partial charge is 0.468 e. The van der Waals surface area contributed by atoms with Gasteiger partial charge in [0.25, 0.3) is 0 Å². The number of rotatable bonds is 5. The third-order valence-corrected chi connectivity index (χ3v) is 4.95. The molecule has 1 aromatic heterocycles. The third kappa shape index (κ3) is 4.33. The Hall–Kier alpha value is -0.800. The maximum Gasteiger partial charge on any atom is 0.122 e. The first-order chi connectivity index (χ1) is 9.89. The Kier molecular flexibility index (Phi) is 5.50. The number of hydrogen-bond donors (Lipinski definition) is 1. The molecule has 0 saturated heterocycles. The van der Waals surface area contributed by atoms with Crippen molar-refractivity contribution >= 4 is 0 Å². The second-order valence-electron chi connectivity index (χ2n) is 7.77. The van der Waals surface area contributed by atoms with Crippen molar-refractivity contribution in [2.24, 2.45) is 11.3 Å². The minimum Gasteiger partial charge on any atom is -0.468 e. The van der Waals surface area contributed by atoms with Crippen LogP contribution in [0.2, 0.25) is 0 Å². The van der Waals surface area contributed by atoms with E-state index in [0.29, 0.717) is 17.5 Å². The second kappa shape index (κ2) is 6.97. The molecule has 0 aromatic carbocycles. The minimum atomic E-state index is 0.308. The van der Waals surface area contributed by atoms with Crippen molar-refractivity contribution in [2.45, 2.75) is 58.5 Å². The minimum absolute atomic E-state index is 0.308. The highest BCUT2D eigenvalue weighted by Crippen LogP contribution is 2.38. The van der Waals surface area contributed by atoms with Gasteiger partial charge in [-0.05, 0) is 50.4 Å². The van der Waals surface area contributed by atoms with Crippen LogP contribution in [0.1, 0.15) is 58.3 Å². The third-order valence-electron chi connectivity index (χ3n) is 4.95. The average molecular weight is 292 g/mol. The molecule has 0 aliphatic heterocycles. The Morgan fingerprint density at radius 3 is 2.57 bits per heavy atom. The standard InChI is InChI=1S/C18H32N2O/c1-18(2,3)14-9-6-7-10-15(14)19-13-16(20(4)5)17-11-8-12-21-17/h8,11-12,14-16,19H,6-7,9-10,13H2,1-5H3. The molecule has 1 saturated carbocycles. The van der Waals surface area contributed by atoms with Crippen LogP contribution in [0.5, 0.6) is 0 Å². The van der Waals surface area contributed by atoms with E-state index in [4.69, 9.17) is 4.42 Å². The van der Waals surface area contributed by atoms with Crippen molar-refractivity contribution in [3.8, 4) is 0 Å². The summed E-state index contributed by atoms with van der Waals surface area (Å²) in [6.45, 7) is 8.10. The first-order valence-corrected chi connectivity index (χ1v) is 8.33. The van der Waals surface area contributed by atoms with E-state index < -0.39 is 0 Å². The summed E-state index contributed by atoms with van der Waals surface area (Å²) in [6.07, 6.45) is 7.17. The van der Waals surface area contributed by atoms with Crippen molar-refractivity contribution in [1.29, 1.82) is 0 Å². The fraction of sp³-hybridized carbons (Fsp3) is 0.778. The lowest BCUT2D eigenvalue weighted by Gasteiger charge is -2.41. The van der Waals surface area contributed by atoms with Gasteiger partial charge in [0.2, 0.25) is 0 Å². The van der Waals surface area contributed by atoms with Crippen LogP contribution in [-0.4, -0.2) is 31.6 Å². The molecule has 2 rings (SSSR count). The van der Waals surface area contributed by atoms with Gasteiger partial charge in [-0.15, -0.1) is 0 Å². The molecule has 21 heavy (non-hydrogen) atoms. The monoisotopic (exact) mass is 292 g/mol. The highest BCUT2D eigenvalue weighted by molar-refractivity contribution is 5.05. The van der Waals surface area contributed by atoms with E-state index in [-0.39, 0.29) is 0 Å². The summed E-state index contributed by atoms with van der Waals surface area (Å²) >= 11 is 0. The molecule has 0 bridgehead atoms. The van der Waals surface area contributed by atoms with Crippen LogP contribution in [0.4, 0.5) is 0 Å². The maximum absolute atomic E-state index is 5.61. The zero-order valence-electron chi connectivity index (χ0n) is 14.4. The van der Waals surface area contributed by atoms with Crippen molar-refractivity contribution in [1.82, 2.24) is 10.2 Å². The van der Waals surface area contributed by atoms with Crippen LogP contribution in [0.15, 0.2) is 22.8 Å². The van der Waals surface area contributed by atoms with Crippen LogP contribution in [-0.2, 0) is 0 Å². The van der Waals surface area contributed by atoms with E-state index in [1.54, 1.807) is 6.26 Å². The zero-order chi connectivity index (χ0) is 15.5. The average Bonchev–Trinajstić information content (AvgIpc) is 2.92. The lowest BCUT2D eigenvalue weighted by molar-refractivity contribution is 0.122. The normalized spacial score (nSPS) is 25.2. The number of nitrogens with zero attached hydrogens (tertiary/aromatic N) is 1. The van der Waals surface area contributed by atoms with E-state index in [1.807, 2.05) is 6.07 Å². The van der Waals surface area contributed by atoms with Gasteiger partial charge in [-0.1, -0.05) is 33.6 Å². The fourth-order valence-electron chi connectivity index (χ4n) is 3.69. The lowest BCUT2D eigenvalue weighted by atomic mass is 9.69. The van der Waals surface area contributed by atoms with Crippen LogP contribution in [0, 0.1) is 11.3 Å². The SMILES string of the molecule is CN(C)C(CNC1CCCCC1C(C)(C)C)c1ccco1. The number of furan rings is 1. The summed E-state index contributed by atoms with van der Waals surface area (Å²) < 4.78 is 5.61. The molecule has 0 amide bonds. The summed E-state index contributed by atoms with van der Waals surface area (Å²) in [5, 5.41) is 3.85. The van der Waals surface area contributed by atoms with E-state index in [0.717, 1.165) is 18.2 Å². The molecule has 1 fully saturated rings. The first-order valence-electron chi connectivity index (χ1n) is 8.33. The predicted octanol–water partition coefficient (Wildman–Crippen LogP) is 4.08. The summed E-state index contributed by atoms with van der Waals surface area (Å²) in [6, 6.07) is 5.00. The molecule has 3 unspecified atom stereocenters. The van der Waals surface area contributed by atoms with Gasteiger partial charge in [0.1, 0.15) is 5.76 Å². The molecule has 1 aliphatic rings. The Morgan fingerprint density at radius 2 is 2.00 bits per heavy atom. The molecular weight excluding hydrogens is 260 g/mol. The van der Waals surface area contributed by atoms with Crippen LogP contribution in [0.3, 0.4) is 0 Å². The molecule has 3 nitrogen and oxygen atoms in total. The zero-order valence-corrected chi connectivity index (χ0v) is 14.4.